The lowest BCUT2D eigenvalue weighted by Crippen LogP contribution is -2.33. The van der Waals surface area contributed by atoms with E-state index >= 15 is 0 Å². The van der Waals surface area contributed by atoms with Crippen LogP contribution < -0.4 is 0 Å². The molecule has 3 atom stereocenters. The molecule has 1 rings (SSSR count). The van der Waals surface area contributed by atoms with Gasteiger partial charge in [0.2, 0.25) is 0 Å². The van der Waals surface area contributed by atoms with Crippen LogP contribution in [-0.4, -0.2) is 42.4 Å². The smallest absolute Gasteiger partial charge is 0.163 e. The molecule has 4 nitrogen and oxygen atoms in total. The zero-order valence-electron chi connectivity index (χ0n) is 15.0. The Morgan fingerprint density at radius 1 is 1.14 bits per heavy atom. The summed E-state index contributed by atoms with van der Waals surface area (Å²) < 4.78 is 17.2. The maximum atomic E-state index is 10.1. The maximum Gasteiger partial charge on any atom is 0.163 e. The summed E-state index contributed by atoms with van der Waals surface area (Å²) >= 11 is 0. The highest BCUT2D eigenvalue weighted by Gasteiger charge is 2.33. The highest BCUT2D eigenvalue weighted by Crippen LogP contribution is 2.23. The topological polar surface area (TPSA) is 47.9 Å². The standard InChI is InChI=1S/C18H36O4/c1-5-7-8-9-10-11-12-17(16(19)6-2)20-13-15-14-21-18(3,4)22-15/h15-17,19H,5-14H2,1-4H3. The van der Waals surface area contributed by atoms with Crippen molar-refractivity contribution in [3.8, 4) is 0 Å². The maximum absolute atomic E-state index is 10.1. The highest BCUT2D eigenvalue weighted by atomic mass is 16.7. The van der Waals surface area contributed by atoms with Gasteiger partial charge in [0.05, 0.1) is 25.4 Å². The summed E-state index contributed by atoms with van der Waals surface area (Å²) in [6.45, 7) is 9.14. The Hall–Kier alpha value is -0.160. The van der Waals surface area contributed by atoms with Crippen LogP contribution in [0.4, 0.5) is 0 Å². The fraction of sp³-hybridized carbons (Fsp3) is 1.00. The van der Waals surface area contributed by atoms with E-state index in [0.29, 0.717) is 13.2 Å². The van der Waals surface area contributed by atoms with Crippen LogP contribution in [0, 0.1) is 0 Å². The van der Waals surface area contributed by atoms with Crippen molar-refractivity contribution >= 4 is 0 Å². The van der Waals surface area contributed by atoms with Crippen LogP contribution in [0.1, 0.15) is 79.1 Å². The lowest BCUT2D eigenvalue weighted by Gasteiger charge is -2.24. The van der Waals surface area contributed by atoms with Crippen LogP contribution in [0.5, 0.6) is 0 Å². The van der Waals surface area contributed by atoms with E-state index in [2.05, 4.69) is 6.92 Å². The van der Waals surface area contributed by atoms with Crippen molar-refractivity contribution in [3.63, 3.8) is 0 Å². The van der Waals surface area contributed by atoms with E-state index in [0.717, 1.165) is 19.3 Å². The molecule has 0 aromatic rings. The third kappa shape index (κ3) is 7.91. The number of rotatable bonds is 12. The van der Waals surface area contributed by atoms with Gasteiger partial charge < -0.3 is 19.3 Å². The summed E-state index contributed by atoms with van der Waals surface area (Å²) in [7, 11) is 0. The Labute approximate surface area is 136 Å². The van der Waals surface area contributed by atoms with Gasteiger partial charge in [-0.25, -0.2) is 0 Å². The molecule has 0 spiro atoms. The number of ether oxygens (including phenoxy) is 3. The van der Waals surface area contributed by atoms with E-state index in [9.17, 15) is 5.11 Å². The van der Waals surface area contributed by atoms with Gasteiger partial charge in [-0.1, -0.05) is 52.4 Å². The molecule has 4 heteroatoms. The molecule has 0 aromatic carbocycles. The predicted molar refractivity (Wildman–Crippen MR) is 88.9 cm³/mol. The molecule has 22 heavy (non-hydrogen) atoms. The molecule has 132 valence electrons. The SMILES string of the molecule is CCCCCCCCC(OCC1COC(C)(C)O1)C(O)CC. The normalized spacial score (nSPS) is 23.6. The minimum atomic E-state index is -0.508. The van der Waals surface area contributed by atoms with Crippen LogP contribution in [-0.2, 0) is 14.2 Å². The zero-order chi connectivity index (χ0) is 16.4. The van der Waals surface area contributed by atoms with Gasteiger partial charge in [-0.15, -0.1) is 0 Å². The van der Waals surface area contributed by atoms with Crippen molar-refractivity contribution in [1.82, 2.24) is 0 Å². The van der Waals surface area contributed by atoms with Gasteiger partial charge in [-0.2, -0.15) is 0 Å². The number of hydrogen-bond acceptors (Lipinski definition) is 4. The molecule has 1 fully saturated rings. The van der Waals surface area contributed by atoms with Crippen LogP contribution >= 0.6 is 0 Å². The molecule has 1 N–H and O–H groups in total. The number of unbranched alkanes of at least 4 members (excludes halogenated alkanes) is 5. The Kier molecular flexibility index (Phi) is 9.57. The molecule has 1 heterocycles. The third-order valence-electron chi connectivity index (χ3n) is 4.25. The second-order valence-electron chi connectivity index (χ2n) is 6.85. The van der Waals surface area contributed by atoms with Crippen LogP contribution in [0.2, 0.25) is 0 Å². The summed E-state index contributed by atoms with van der Waals surface area (Å²) in [6.07, 6.45) is 8.74. The second-order valence-corrected chi connectivity index (χ2v) is 6.85. The van der Waals surface area contributed by atoms with Crippen molar-refractivity contribution in [2.75, 3.05) is 13.2 Å². The molecule has 0 saturated carbocycles. The molecule has 0 aliphatic carbocycles. The van der Waals surface area contributed by atoms with Crippen molar-refractivity contribution in [3.05, 3.63) is 0 Å². The molecule has 0 aromatic heterocycles. The van der Waals surface area contributed by atoms with E-state index in [1.54, 1.807) is 0 Å². The van der Waals surface area contributed by atoms with Crippen LogP contribution in [0.15, 0.2) is 0 Å². The zero-order valence-corrected chi connectivity index (χ0v) is 15.0. The number of hydrogen-bond donors (Lipinski definition) is 1. The summed E-state index contributed by atoms with van der Waals surface area (Å²) in [4.78, 5) is 0. The fourth-order valence-electron chi connectivity index (χ4n) is 2.85. The average molecular weight is 316 g/mol. The Morgan fingerprint density at radius 3 is 2.41 bits per heavy atom. The first-order valence-corrected chi connectivity index (χ1v) is 9.10. The molecule has 0 amide bonds. The van der Waals surface area contributed by atoms with E-state index in [-0.39, 0.29) is 18.3 Å². The van der Waals surface area contributed by atoms with Gasteiger partial charge in [0.15, 0.2) is 5.79 Å². The van der Waals surface area contributed by atoms with Gasteiger partial charge in [-0.05, 0) is 26.7 Å². The van der Waals surface area contributed by atoms with Crippen LogP contribution in [0.3, 0.4) is 0 Å². The van der Waals surface area contributed by atoms with Gasteiger partial charge in [0.1, 0.15) is 6.10 Å². The first-order valence-electron chi connectivity index (χ1n) is 9.10. The summed E-state index contributed by atoms with van der Waals surface area (Å²) in [6, 6.07) is 0. The summed E-state index contributed by atoms with van der Waals surface area (Å²) in [5.74, 6) is -0.508. The van der Waals surface area contributed by atoms with Crippen molar-refractivity contribution < 1.29 is 19.3 Å². The van der Waals surface area contributed by atoms with Gasteiger partial charge in [-0.3, -0.25) is 0 Å². The Balaban J connectivity index is 2.23. The molecular formula is C18H36O4. The monoisotopic (exact) mass is 316 g/mol. The highest BCUT2D eigenvalue weighted by molar-refractivity contribution is 4.73. The first-order chi connectivity index (χ1) is 10.5. The van der Waals surface area contributed by atoms with Gasteiger partial charge in [0, 0.05) is 0 Å². The molecule has 1 aliphatic heterocycles. The molecule has 1 aliphatic rings. The number of aliphatic hydroxyl groups excluding tert-OH is 1. The largest absolute Gasteiger partial charge is 0.390 e. The van der Waals surface area contributed by atoms with Gasteiger partial charge in [0.25, 0.3) is 0 Å². The van der Waals surface area contributed by atoms with Gasteiger partial charge >= 0.3 is 0 Å². The van der Waals surface area contributed by atoms with E-state index in [1.807, 2.05) is 20.8 Å². The third-order valence-corrected chi connectivity index (χ3v) is 4.25. The van der Waals surface area contributed by atoms with Crippen molar-refractivity contribution in [2.24, 2.45) is 0 Å². The van der Waals surface area contributed by atoms with E-state index < -0.39 is 5.79 Å². The van der Waals surface area contributed by atoms with Crippen molar-refractivity contribution in [2.45, 2.75) is 103 Å². The molecule has 0 bridgehead atoms. The predicted octanol–water partition coefficient (Wildman–Crippen LogP) is 4.04. The quantitative estimate of drug-likeness (QED) is 0.552. The molecule has 3 unspecified atom stereocenters. The van der Waals surface area contributed by atoms with Crippen molar-refractivity contribution in [1.29, 1.82) is 0 Å². The minimum Gasteiger partial charge on any atom is -0.390 e. The fourth-order valence-corrected chi connectivity index (χ4v) is 2.85. The summed E-state index contributed by atoms with van der Waals surface area (Å²) in [5.41, 5.74) is 0. The molecular weight excluding hydrogens is 280 g/mol. The lowest BCUT2D eigenvalue weighted by atomic mass is 10.0. The Bertz CT molecular complexity index is 280. The second kappa shape index (κ2) is 10.6. The van der Waals surface area contributed by atoms with Crippen LogP contribution in [0.25, 0.3) is 0 Å². The molecule has 1 saturated heterocycles. The number of aliphatic hydroxyl groups is 1. The minimum absolute atomic E-state index is 0.0221. The lowest BCUT2D eigenvalue weighted by molar-refractivity contribution is -0.151. The van der Waals surface area contributed by atoms with E-state index in [4.69, 9.17) is 14.2 Å². The average Bonchev–Trinajstić information content (AvgIpc) is 2.84. The molecule has 0 radical (unpaired) electrons. The first kappa shape index (κ1) is 19.9. The Morgan fingerprint density at radius 2 is 1.82 bits per heavy atom. The summed E-state index contributed by atoms with van der Waals surface area (Å²) in [5, 5.41) is 10.1. The van der Waals surface area contributed by atoms with E-state index in [1.165, 1.54) is 32.1 Å².